The molecule has 0 bridgehead atoms. The smallest absolute Gasteiger partial charge is 0.148 e. The molecule has 1 unspecified atom stereocenters. The number of hydrogen-bond acceptors (Lipinski definition) is 5. The number of aromatic nitrogens is 1. The molecule has 0 aliphatic carbocycles. The van der Waals surface area contributed by atoms with E-state index in [4.69, 9.17) is 5.73 Å². The maximum Gasteiger partial charge on any atom is 0.148 e. The van der Waals surface area contributed by atoms with E-state index in [0.29, 0.717) is 5.75 Å². The zero-order valence-corrected chi connectivity index (χ0v) is 11.0. The molecule has 0 saturated carbocycles. The van der Waals surface area contributed by atoms with Crippen LogP contribution >= 0.6 is 11.8 Å². The van der Waals surface area contributed by atoms with Crippen molar-refractivity contribution >= 4 is 21.6 Å². The van der Waals surface area contributed by atoms with Gasteiger partial charge in [0.05, 0.1) is 11.4 Å². The average molecular weight is 260 g/mol. The highest BCUT2D eigenvalue weighted by Gasteiger charge is 2.04. The van der Waals surface area contributed by atoms with Crippen molar-refractivity contribution in [1.29, 1.82) is 0 Å². The summed E-state index contributed by atoms with van der Waals surface area (Å²) in [6.07, 6.45) is 2.97. The van der Waals surface area contributed by atoms with E-state index < -0.39 is 9.84 Å². The van der Waals surface area contributed by atoms with Crippen LogP contribution in [0.25, 0.3) is 0 Å². The Balaban J connectivity index is 2.50. The van der Waals surface area contributed by atoms with Gasteiger partial charge in [-0.3, -0.25) is 4.98 Å². The van der Waals surface area contributed by atoms with Crippen LogP contribution in [0.2, 0.25) is 0 Å². The molecule has 90 valence electrons. The summed E-state index contributed by atoms with van der Waals surface area (Å²) in [6, 6.07) is 3.71. The molecule has 1 rings (SSSR count). The number of nitrogens with zero attached hydrogens (tertiary/aromatic N) is 1. The third-order valence-corrected chi connectivity index (χ3v) is 4.14. The van der Waals surface area contributed by atoms with Gasteiger partial charge in [0.1, 0.15) is 9.84 Å². The Morgan fingerprint density at radius 2 is 2.19 bits per heavy atom. The lowest BCUT2D eigenvalue weighted by atomic mass is 10.2. The lowest BCUT2D eigenvalue weighted by Gasteiger charge is -2.05. The summed E-state index contributed by atoms with van der Waals surface area (Å²) in [7, 11) is -2.88. The van der Waals surface area contributed by atoms with Gasteiger partial charge in [-0.05, 0) is 19.1 Å². The summed E-state index contributed by atoms with van der Waals surface area (Å²) >= 11 is 1.49. The van der Waals surface area contributed by atoms with Gasteiger partial charge in [0.25, 0.3) is 0 Å². The van der Waals surface area contributed by atoms with Gasteiger partial charge >= 0.3 is 0 Å². The second-order valence-corrected chi connectivity index (χ2v) is 7.11. The Kier molecular flexibility index (Phi) is 4.76. The number of nitrogens with two attached hydrogens (primary N) is 1. The fourth-order valence-corrected chi connectivity index (χ4v) is 3.13. The highest BCUT2D eigenvalue weighted by Crippen LogP contribution is 2.18. The minimum atomic E-state index is -2.88. The monoisotopic (exact) mass is 260 g/mol. The van der Waals surface area contributed by atoms with Crippen LogP contribution in [0.4, 0.5) is 0 Å². The molecule has 6 heteroatoms. The Morgan fingerprint density at radius 1 is 1.50 bits per heavy atom. The number of pyridine rings is 1. The number of rotatable bonds is 5. The van der Waals surface area contributed by atoms with Crippen LogP contribution in [0.3, 0.4) is 0 Å². The van der Waals surface area contributed by atoms with Crippen molar-refractivity contribution in [2.75, 3.05) is 17.8 Å². The maximum atomic E-state index is 10.9. The summed E-state index contributed by atoms with van der Waals surface area (Å²) < 4.78 is 21.8. The van der Waals surface area contributed by atoms with Crippen molar-refractivity contribution < 1.29 is 8.42 Å². The first-order valence-electron chi connectivity index (χ1n) is 4.90. The molecule has 2 N–H and O–H groups in total. The molecule has 0 radical (unpaired) electrons. The van der Waals surface area contributed by atoms with Crippen LogP contribution < -0.4 is 5.73 Å². The summed E-state index contributed by atoms with van der Waals surface area (Å²) in [5, 5.41) is 0. The predicted octanol–water partition coefficient (Wildman–Crippen LogP) is 1.24. The van der Waals surface area contributed by atoms with Crippen LogP contribution in [-0.2, 0) is 9.84 Å². The Bertz CT molecular complexity index is 427. The average Bonchev–Trinajstić information content (AvgIpc) is 2.16. The van der Waals surface area contributed by atoms with E-state index in [-0.39, 0.29) is 11.8 Å². The minimum absolute atomic E-state index is 0.0740. The van der Waals surface area contributed by atoms with E-state index in [0.717, 1.165) is 10.6 Å². The van der Waals surface area contributed by atoms with E-state index >= 15 is 0 Å². The minimum Gasteiger partial charge on any atom is -0.323 e. The molecule has 0 spiro atoms. The molecule has 0 aliphatic heterocycles. The lowest BCUT2D eigenvalue weighted by Crippen LogP contribution is -2.07. The SMILES string of the molecule is CC(N)c1ccc(SCCS(C)(=O)=O)cn1. The Labute approximate surface area is 101 Å². The van der Waals surface area contributed by atoms with E-state index in [1.54, 1.807) is 6.20 Å². The van der Waals surface area contributed by atoms with Crippen LogP contribution in [0.15, 0.2) is 23.2 Å². The molecule has 16 heavy (non-hydrogen) atoms. The third kappa shape index (κ3) is 4.96. The first kappa shape index (κ1) is 13.5. The normalized spacial score (nSPS) is 13.7. The second kappa shape index (κ2) is 5.65. The quantitative estimate of drug-likeness (QED) is 0.806. The number of thioether (sulfide) groups is 1. The van der Waals surface area contributed by atoms with Crippen molar-refractivity contribution in [1.82, 2.24) is 4.98 Å². The van der Waals surface area contributed by atoms with Gasteiger partial charge in [0.15, 0.2) is 0 Å². The summed E-state index contributed by atoms with van der Waals surface area (Å²) in [6.45, 7) is 1.87. The first-order chi connectivity index (χ1) is 7.38. The topological polar surface area (TPSA) is 73.1 Å². The highest BCUT2D eigenvalue weighted by atomic mass is 32.2. The standard InChI is InChI=1S/C10H16N2O2S2/c1-8(11)10-4-3-9(7-12-10)15-5-6-16(2,13)14/h3-4,7-8H,5-6,11H2,1-2H3. The molecule has 0 amide bonds. The molecular formula is C10H16N2O2S2. The fraction of sp³-hybridized carbons (Fsp3) is 0.500. The first-order valence-corrected chi connectivity index (χ1v) is 7.95. The third-order valence-electron chi connectivity index (χ3n) is 1.95. The fourth-order valence-electron chi connectivity index (χ4n) is 1.06. The van der Waals surface area contributed by atoms with E-state index in [9.17, 15) is 8.42 Å². The van der Waals surface area contributed by atoms with E-state index in [1.807, 2.05) is 19.1 Å². The van der Waals surface area contributed by atoms with Gasteiger partial charge in [0.2, 0.25) is 0 Å². The summed E-state index contributed by atoms with van der Waals surface area (Å²) in [5.74, 6) is 0.741. The molecule has 1 atom stereocenters. The predicted molar refractivity (Wildman–Crippen MR) is 67.3 cm³/mol. The van der Waals surface area contributed by atoms with Gasteiger partial charge < -0.3 is 5.73 Å². The van der Waals surface area contributed by atoms with Crippen molar-refractivity contribution in [3.8, 4) is 0 Å². The zero-order chi connectivity index (χ0) is 12.2. The van der Waals surface area contributed by atoms with Crippen LogP contribution in [0.1, 0.15) is 18.7 Å². The molecule has 4 nitrogen and oxygen atoms in total. The van der Waals surface area contributed by atoms with Gasteiger partial charge in [0, 0.05) is 29.1 Å². The van der Waals surface area contributed by atoms with Crippen LogP contribution in [0.5, 0.6) is 0 Å². The highest BCUT2D eigenvalue weighted by molar-refractivity contribution is 8.00. The molecule has 0 aliphatic rings. The maximum absolute atomic E-state index is 10.9. The molecule has 0 fully saturated rings. The molecule has 0 aromatic carbocycles. The molecule has 1 aromatic heterocycles. The van der Waals surface area contributed by atoms with Gasteiger partial charge in [-0.15, -0.1) is 11.8 Å². The van der Waals surface area contributed by atoms with Crippen LogP contribution in [-0.4, -0.2) is 31.2 Å². The van der Waals surface area contributed by atoms with Gasteiger partial charge in [-0.1, -0.05) is 0 Å². The Morgan fingerprint density at radius 3 is 2.62 bits per heavy atom. The number of hydrogen-bond donors (Lipinski definition) is 1. The van der Waals surface area contributed by atoms with E-state index in [2.05, 4.69) is 4.98 Å². The molecule has 1 heterocycles. The van der Waals surface area contributed by atoms with Crippen molar-refractivity contribution in [3.63, 3.8) is 0 Å². The van der Waals surface area contributed by atoms with Crippen molar-refractivity contribution in [3.05, 3.63) is 24.0 Å². The molecule has 0 saturated heterocycles. The Hall–Kier alpha value is -0.590. The van der Waals surface area contributed by atoms with Crippen molar-refractivity contribution in [2.24, 2.45) is 5.73 Å². The van der Waals surface area contributed by atoms with E-state index in [1.165, 1.54) is 18.0 Å². The molecule has 1 aromatic rings. The summed E-state index contributed by atoms with van der Waals surface area (Å²) in [5.41, 5.74) is 6.51. The van der Waals surface area contributed by atoms with Gasteiger partial charge in [-0.25, -0.2) is 8.42 Å². The zero-order valence-electron chi connectivity index (χ0n) is 9.38. The number of sulfone groups is 1. The molecular weight excluding hydrogens is 244 g/mol. The van der Waals surface area contributed by atoms with Gasteiger partial charge in [-0.2, -0.15) is 0 Å². The largest absolute Gasteiger partial charge is 0.323 e. The van der Waals surface area contributed by atoms with Crippen LogP contribution in [0, 0.1) is 0 Å². The van der Waals surface area contributed by atoms with Crippen molar-refractivity contribution in [2.45, 2.75) is 17.9 Å². The second-order valence-electron chi connectivity index (χ2n) is 3.69. The lowest BCUT2D eigenvalue weighted by molar-refractivity contribution is 0.603. The summed E-state index contributed by atoms with van der Waals surface area (Å²) in [4.78, 5) is 5.16.